The average Bonchev–Trinajstić information content (AvgIpc) is 2.43. The standard InChI is InChI=1S/C15H31N3O2/c1-4-12(3)18-15(20)9-11-17-14(19)7-6-13(5-2)8-10-16/h12-13H,4-11,16H2,1-3H3,(H,17,19)(H,18,20). The van der Waals surface area contributed by atoms with E-state index in [1.807, 2.05) is 13.8 Å². The fraction of sp³-hybridized carbons (Fsp3) is 0.867. The van der Waals surface area contributed by atoms with Gasteiger partial charge in [-0.25, -0.2) is 0 Å². The first-order chi connectivity index (χ1) is 9.53. The van der Waals surface area contributed by atoms with Gasteiger partial charge in [0.15, 0.2) is 0 Å². The van der Waals surface area contributed by atoms with Crippen molar-refractivity contribution in [3.05, 3.63) is 0 Å². The van der Waals surface area contributed by atoms with E-state index in [2.05, 4.69) is 17.6 Å². The maximum absolute atomic E-state index is 11.7. The van der Waals surface area contributed by atoms with Gasteiger partial charge in [0.2, 0.25) is 11.8 Å². The molecule has 20 heavy (non-hydrogen) atoms. The molecule has 0 aliphatic heterocycles. The first-order valence-electron chi connectivity index (χ1n) is 7.79. The molecule has 0 aromatic carbocycles. The Hall–Kier alpha value is -1.10. The van der Waals surface area contributed by atoms with Crippen molar-refractivity contribution in [2.45, 2.75) is 65.3 Å². The molecule has 118 valence electrons. The zero-order valence-corrected chi connectivity index (χ0v) is 13.2. The first kappa shape index (κ1) is 18.9. The highest BCUT2D eigenvalue weighted by molar-refractivity contribution is 5.79. The minimum atomic E-state index is -0.00536. The van der Waals surface area contributed by atoms with Gasteiger partial charge in [-0.1, -0.05) is 20.3 Å². The van der Waals surface area contributed by atoms with Crippen LogP contribution < -0.4 is 16.4 Å². The monoisotopic (exact) mass is 285 g/mol. The van der Waals surface area contributed by atoms with Crippen molar-refractivity contribution in [1.82, 2.24) is 10.6 Å². The molecule has 0 aromatic rings. The van der Waals surface area contributed by atoms with Gasteiger partial charge < -0.3 is 16.4 Å². The summed E-state index contributed by atoms with van der Waals surface area (Å²) < 4.78 is 0. The van der Waals surface area contributed by atoms with Crippen LogP contribution in [-0.2, 0) is 9.59 Å². The Morgan fingerprint density at radius 2 is 1.75 bits per heavy atom. The zero-order valence-electron chi connectivity index (χ0n) is 13.2. The molecule has 2 unspecified atom stereocenters. The molecule has 5 heteroatoms. The van der Waals surface area contributed by atoms with Gasteiger partial charge in [0.05, 0.1) is 0 Å². The molecule has 0 spiro atoms. The van der Waals surface area contributed by atoms with Gasteiger partial charge in [0, 0.05) is 25.4 Å². The second kappa shape index (κ2) is 11.7. The van der Waals surface area contributed by atoms with Crippen LogP contribution in [0.1, 0.15) is 59.3 Å². The van der Waals surface area contributed by atoms with E-state index in [1.54, 1.807) is 0 Å². The van der Waals surface area contributed by atoms with E-state index in [4.69, 9.17) is 5.73 Å². The molecule has 0 bridgehead atoms. The highest BCUT2D eigenvalue weighted by Gasteiger charge is 2.10. The number of carbonyl (C=O) groups is 2. The first-order valence-corrected chi connectivity index (χ1v) is 7.79. The summed E-state index contributed by atoms with van der Waals surface area (Å²) in [5.41, 5.74) is 5.53. The van der Waals surface area contributed by atoms with Crippen molar-refractivity contribution < 1.29 is 9.59 Å². The van der Waals surface area contributed by atoms with Crippen LogP contribution in [0.3, 0.4) is 0 Å². The highest BCUT2D eigenvalue weighted by Crippen LogP contribution is 2.14. The van der Waals surface area contributed by atoms with Gasteiger partial charge in [0.1, 0.15) is 0 Å². The van der Waals surface area contributed by atoms with Gasteiger partial charge in [-0.3, -0.25) is 9.59 Å². The third kappa shape index (κ3) is 9.78. The fourth-order valence-electron chi connectivity index (χ4n) is 1.98. The van der Waals surface area contributed by atoms with Crippen LogP contribution >= 0.6 is 0 Å². The third-order valence-electron chi connectivity index (χ3n) is 3.63. The molecular formula is C15H31N3O2. The highest BCUT2D eigenvalue weighted by atomic mass is 16.2. The quantitative estimate of drug-likeness (QED) is 0.538. The fourth-order valence-corrected chi connectivity index (χ4v) is 1.98. The predicted molar refractivity (Wildman–Crippen MR) is 82.2 cm³/mol. The second-order valence-electron chi connectivity index (χ2n) is 5.37. The molecule has 2 amide bonds. The van der Waals surface area contributed by atoms with Crippen LogP contribution in [0.25, 0.3) is 0 Å². The summed E-state index contributed by atoms with van der Waals surface area (Å²) in [6.07, 6.45) is 4.68. The number of nitrogens with two attached hydrogens (primary N) is 1. The molecule has 0 radical (unpaired) electrons. The van der Waals surface area contributed by atoms with E-state index in [-0.39, 0.29) is 17.9 Å². The van der Waals surface area contributed by atoms with Gasteiger partial charge in [-0.2, -0.15) is 0 Å². The largest absolute Gasteiger partial charge is 0.356 e. The molecular weight excluding hydrogens is 254 g/mol. The average molecular weight is 285 g/mol. The maximum atomic E-state index is 11.7. The topological polar surface area (TPSA) is 84.2 Å². The lowest BCUT2D eigenvalue weighted by atomic mass is 9.96. The van der Waals surface area contributed by atoms with Crippen molar-refractivity contribution in [3.8, 4) is 0 Å². The predicted octanol–water partition coefficient (Wildman–Crippen LogP) is 1.56. The lowest BCUT2D eigenvalue weighted by Crippen LogP contribution is -2.35. The van der Waals surface area contributed by atoms with E-state index >= 15 is 0 Å². The van der Waals surface area contributed by atoms with Crippen LogP contribution in [0.15, 0.2) is 0 Å². The molecule has 5 nitrogen and oxygen atoms in total. The van der Waals surface area contributed by atoms with Crippen LogP contribution in [0.2, 0.25) is 0 Å². The minimum Gasteiger partial charge on any atom is -0.356 e. The summed E-state index contributed by atoms with van der Waals surface area (Å²) in [7, 11) is 0. The number of hydrogen-bond acceptors (Lipinski definition) is 3. The zero-order chi connectivity index (χ0) is 15.4. The summed E-state index contributed by atoms with van der Waals surface area (Å²) in [5, 5.41) is 5.67. The van der Waals surface area contributed by atoms with Crippen molar-refractivity contribution in [1.29, 1.82) is 0 Å². The van der Waals surface area contributed by atoms with Gasteiger partial charge >= 0.3 is 0 Å². The molecule has 0 saturated carbocycles. The number of amides is 2. The smallest absolute Gasteiger partial charge is 0.221 e. The lowest BCUT2D eigenvalue weighted by molar-refractivity contribution is -0.122. The summed E-state index contributed by atoms with van der Waals surface area (Å²) in [6, 6.07) is 0.194. The van der Waals surface area contributed by atoms with Gasteiger partial charge in [0.25, 0.3) is 0 Å². The minimum absolute atomic E-state index is 0.00536. The van der Waals surface area contributed by atoms with Gasteiger partial charge in [-0.15, -0.1) is 0 Å². The van der Waals surface area contributed by atoms with Crippen molar-refractivity contribution in [2.24, 2.45) is 11.7 Å². The number of rotatable bonds is 11. The Morgan fingerprint density at radius 3 is 2.30 bits per heavy atom. The summed E-state index contributed by atoms with van der Waals surface area (Å²) in [4.78, 5) is 23.2. The lowest BCUT2D eigenvalue weighted by Gasteiger charge is -2.13. The molecule has 0 heterocycles. The Bertz CT molecular complexity index is 282. The van der Waals surface area contributed by atoms with Crippen LogP contribution in [0.4, 0.5) is 0 Å². The molecule has 0 rings (SSSR count). The number of carbonyl (C=O) groups excluding carboxylic acids is 2. The van der Waals surface area contributed by atoms with E-state index in [9.17, 15) is 9.59 Å². The SMILES string of the molecule is CCC(CCN)CCC(=O)NCCC(=O)NC(C)CC. The Balaban J connectivity index is 3.70. The third-order valence-corrected chi connectivity index (χ3v) is 3.63. The Kier molecular flexibility index (Phi) is 11.1. The number of nitrogens with one attached hydrogen (secondary N) is 2. The van der Waals surface area contributed by atoms with Crippen LogP contribution in [0.5, 0.6) is 0 Å². The molecule has 0 aliphatic carbocycles. The Morgan fingerprint density at radius 1 is 1.05 bits per heavy atom. The van der Waals surface area contributed by atoms with E-state index in [1.165, 1.54) is 0 Å². The molecule has 0 fully saturated rings. The van der Waals surface area contributed by atoms with E-state index < -0.39 is 0 Å². The summed E-state index contributed by atoms with van der Waals surface area (Å²) in [6.45, 7) is 7.21. The molecule has 0 saturated heterocycles. The van der Waals surface area contributed by atoms with Crippen LogP contribution in [0, 0.1) is 5.92 Å². The number of hydrogen-bond donors (Lipinski definition) is 3. The maximum Gasteiger partial charge on any atom is 0.221 e. The van der Waals surface area contributed by atoms with E-state index in [0.717, 1.165) is 25.7 Å². The summed E-state index contributed by atoms with van der Waals surface area (Å²) >= 11 is 0. The van der Waals surface area contributed by atoms with Crippen LogP contribution in [-0.4, -0.2) is 30.9 Å². The molecule has 2 atom stereocenters. The van der Waals surface area contributed by atoms with Gasteiger partial charge in [-0.05, 0) is 38.6 Å². The van der Waals surface area contributed by atoms with E-state index in [0.29, 0.717) is 31.8 Å². The van der Waals surface area contributed by atoms with Crippen molar-refractivity contribution in [3.63, 3.8) is 0 Å². The Labute approximate surface area is 123 Å². The van der Waals surface area contributed by atoms with Crippen molar-refractivity contribution >= 4 is 11.8 Å². The summed E-state index contributed by atoms with van der Waals surface area (Å²) in [5.74, 6) is 0.547. The second-order valence-corrected chi connectivity index (χ2v) is 5.37. The van der Waals surface area contributed by atoms with Crippen molar-refractivity contribution in [2.75, 3.05) is 13.1 Å². The molecule has 4 N–H and O–H groups in total. The molecule has 0 aromatic heterocycles. The normalized spacial score (nSPS) is 13.6. The molecule has 0 aliphatic rings.